The summed E-state index contributed by atoms with van der Waals surface area (Å²) in [6.07, 6.45) is 0.468. The first-order valence-electron chi connectivity index (χ1n) is 8.41. The Balaban J connectivity index is 4.83. The Labute approximate surface area is 151 Å². The van der Waals surface area contributed by atoms with Crippen LogP contribution in [0.5, 0.6) is 0 Å². The highest BCUT2D eigenvalue weighted by Gasteiger charge is 2.31. The van der Waals surface area contributed by atoms with Crippen molar-refractivity contribution < 1.29 is 32.4 Å². The van der Waals surface area contributed by atoms with Gasteiger partial charge in [0.05, 0.1) is 51.9 Å². The van der Waals surface area contributed by atoms with Gasteiger partial charge in [0.1, 0.15) is 0 Å². The second kappa shape index (κ2) is 12.0. The fourth-order valence-electron chi connectivity index (χ4n) is 2.28. The van der Waals surface area contributed by atoms with Crippen LogP contribution >= 0.6 is 14.7 Å². The molecule has 0 bridgehead atoms. The maximum absolute atomic E-state index is 12.7. The molecule has 1 unspecified atom stereocenters. The van der Waals surface area contributed by atoms with Gasteiger partial charge in [-0.2, -0.15) is 0 Å². The molecule has 0 amide bonds. The van der Waals surface area contributed by atoms with E-state index in [1.807, 2.05) is 0 Å². The fourth-order valence-corrected chi connectivity index (χ4v) is 5.90. The monoisotopic (exact) mass is 398 g/mol. The number of hydrogen-bond donors (Lipinski definition) is 0. The zero-order valence-electron chi connectivity index (χ0n) is 16.0. The molecule has 1 atom stereocenters. The highest BCUT2D eigenvalue weighted by Crippen LogP contribution is 2.51. The summed E-state index contributed by atoms with van der Waals surface area (Å²) in [5.74, 6) is -0.787. The van der Waals surface area contributed by atoms with Crippen LogP contribution in [0.3, 0.4) is 0 Å². The van der Waals surface area contributed by atoms with Crippen molar-refractivity contribution in [3.8, 4) is 0 Å². The molecule has 0 aliphatic carbocycles. The Bertz CT molecular complexity index is 503. The van der Waals surface area contributed by atoms with Crippen LogP contribution in [0.1, 0.15) is 20.8 Å². The zero-order chi connectivity index (χ0) is 19.5. The van der Waals surface area contributed by atoms with Crippen molar-refractivity contribution in [2.45, 2.75) is 20.8 Å². The first-order chi connectivity index (χ1) is 11.6. The van der Waals surface area contributed by atoms with E-state index >= 15 is 0 Å². The quantitative estimate of drug-likeness (QED) is 0.251. The average molecular weight is 398 g/mol. The molecule has 0 aliphatic rings. The van der Waals surface area contributed by atoms with E-state index in [-0.39, 0.29) is 50.7 Å². The summed E-state index contributed by atoms with van der Waals surface area (Å²) in [4.78, 5) is 11.5. The van der Waals surface area contributed by atoms with Crippen molar-refractivity contribution in [3.05, 3.63) is 12.2 Å². The molecule has 148 valence electrons. The highest BCUT2D eigenvalue weighted by atomic mass is 31.2. The van der Waals surface area contributed by atoms with Gasteiger partial charge in [0.15, 0.2) is 0 Å². The molecular formula is C16H32O7P2. The zero-order valence-corrected chi connectivity index (χ0v) is 17.8. The van der Waals surface area contributed by atoms with Crippen LogP contribution in [-0.2, 0) is 32.4 Å². The van der Waals surface area contributed by atoms with Crippen molar-refractivity contribution in [2.75, 3.05) is 58.7 Å². The minimum absolute atomic E-state index is 0.000630. The van der Waals surface area contributed by atoms with Crippen molar-refractivity contribution in [1.82, 2.24) is 0 Å². The normalized spacial score (nSPS) is 13.5. The first kappa shape index (κ1) is 24.6. The van der Waals surface area contributed by atoms with Gasteiger partial charge in [-0.3, -0.25) is 4.57 Å². The molecule has 0 saturated carbocycles. The molecule has 0 spiro atoms. The van der Waals surface area contributed by atoms with E-state index < -0.39 is 20.7 Å². The molecule has 0 saturated heterocycles. The van der Waals surface area contributed by atoms with Gasteiger partial charge < -0.3 is 23.1 Å². The number of esters is 1. The minimum atomic E-state index is -3.27. The fraction of sp³-hybridized carbons (Fsp3) is 0.812. The summed E-state index contributed by atoms with van der Waals surface area (Å²) in [5, 5.41) is 0. The molecule has 0 radical (unpaired) electrons. The first-order valence-corrected chi connectivity index (χ1v) is 12.9. The summed E-state index contributed by atoms with van der Waals surface area (Å²) >= 11 is 0. The summed E-state index contributed by atoms with van der Waals surface area (Å²) < 4.78 is 45.9. The summed E-state index contributed by atoms with van der Waals surface area (Å²) in [6, 6.07) is 0. The molecule has 0 aromatic carbocycles. The lowest BCUT2D eigenvalue weighted by Gasteiger charge is -2.24. The van der Waals surface area contributed by atoms with Gasteiger partial charge in [-0.25, -0.2) is 4.79 Å². The van der Waals surface area contributed by atoms with Crippen molar-refractivity contribution in [2.24, 2.45) is 5.92 Å². The molecular weight excluding hydrogens is 366 g/mol. The molecule has 0 heterocycles. The molecule has 25 heavy (non-hydrogen) atoms. The van der Waals surface area contributed by atoms with Crippen LogP contribution in [0.25, 0.3) is 0 Å². The Hall–Kier alpha value is -0.450. The predicted molar refractivity (Wildman–Crippen MR) is 100 cm³/mol. The maximum Gasteiger partial charge on any atom is 0.335 e. The minimum Gasteiger partial charge on any atom is -0.463 e. The third kappa shape index (κ3) is 11.7. The molecule has 0 rings (SSSR count). The Morgan fingerprint density at radius 1 is 1.00 bits per heavy atom. The van der Waals surface area contributed by atoms with Crippen molar-refractivity contribution in [1.29, 1.82) is 0 Å². The van der Waals surface area contributed by atoms with Crippen LogP contribution in [-0.4, -0.2) is 64.7 Å². The van der Waals surface area contributed by atoms with E-state index in [0.717, 1.165) is 0 Å². The number of carbonyl (C=O) groups is 1. The van der Waals surface area contributed by atoms with Gasteiger partial charge in [-0.1, -0.05) is 6.58 Å². The van der Waals surface area contributed by atoms with E-state index in [1.54, 1.807) is 34.1 Å². The van der Waals surface area contributed by atoms with E-state index in [9.17, 15) is 13.9 Å². The lowest BCUT2D eigenvalue weighted by molar-refractivity contribution is -0.139. The maximum atomic E-state index is 12.7. The van der Waals surface area contributed by atoms with E-state index in [2.05, 4.69) is 6.58 Å². The molecule has 0 N–H and O–H groups in total. The molecule has 0 aromatic rings. The van der Waals surface area contributed by atoms with Crippen LogP contribution < -0.4 is 0 Å². The van der Waals surface area contributed by atoms with Crippen LogP contribution in [0, 0.1) is 5.92 Å². The highest BCUT2D eigenvalue weighted by molar-refractivity contribution is 7.62. The molecule has 0 aliphatic heterocycles. The standard InChI is InChI=1S/C16H32O7P2/c1-7-21-16(17)14(4)10-20-11-15(12-24(5,6)18)13-25(19,22-8-2)23-9-3/h15H,4,7-13H2,1-3,5-6H3. The third-order valence-electron chi connectivity index (χ3n) is 3.03. The largest absolute Gasteiger partial charge is 0.463 e. The average Bonchev–Trinajstić information content (AvgIpc) is 2.45. The van der Waals surface area contributed by atoms with Crippen molar-refractivity contribution in [3.63, 3.8) is 0 Å². The van der Waals surface area contributed by atoms with E-state index in [0.29, 0.717) is 6.16 Å². The van der Waals surface area contributed by atoms with Gasteiger partial charge in [-0.15, -0.1) is 0 Å². The summed E-state index contributed by atoms with van der Waals surface area (Å²) in [6.45, 7) is 13.1. The number of rotatable bonds is 14. The number of hydrogen-bond acceptors (Lipinski definition) is 7. The van der Waals surface area contributed by atoms with Crippen molar-refractivity contribution >= 4 is 20.7 Å². The number of carbonyl (C=O) groups excluding carboxylic acids is 1. The van der Waals surface area contributed by atoms with Gasteiger partial charge >= 0.3 is 13.6 Å². The second-order valence-electron chi connectivity index (χ2n) is 6.09. The van der Waals surface area contributed by atoms with E-state index in [4.69, 9.17) is 18.5 Å². The second-order valence-corrected chi connectivity index (χ2v) is 11.7. The van der Waals surface area contributed by atoms with E-state index in [1.165, 1.54) is 0 Å². The summed E-state index contributed by atoms with van der Waals surface area (Å²) in [5.41, 5.74) is 0.203. The van der Waals surface area contributed by atoms with Crippen LogP contribution in [0.4, 0.5) is 0 Å². The van der Waals surface area contributed by atoms with Crippen LogP contribution in [0.15, 0.2) is 12.2 Å². The van der Waals surface area contributed by atoms with Gasteiger partial charge in [-0.05, 0) is 34.1 Å². The molecule has 0 aromatic heterocycles. The lowest BCUT2D eigenvalue weighted by Crippen LogP contribution is -2.22. The SMILES string of the molecule is C=C(COCC(CP(C)(C)=O)CP(=O)(OCC)OCC)C(=O)OCC. The van der Waals surface area contributed by atoms with Gasteiger partial charge in [0.25, 0.3) is 0 Å². The molecule has 0 fully saturated rings. The summed E-state index contributed by atoms with van der Waals surface area (Å²) in [7, 11) is -5.64. The molecule has 9 heteroatoms. The smallest absolute Gasteiger partial charge is 0.335 e. The Morgan fingerprint density at radius 3 is 2.00 bits per heavy atom. The number of ether oxygens (including phenoxy) is 2. The topological polar surface area (TPSA) is 88.1 Å². The molecule has 7 nitrogen and oxygen atoms in total. The van der Waals surface area contributed by atoms with Gasteiger partial charge in [0.2, 0.25) is 0 Å². The third-order valence-corrected chi connectivity index (χ3v) is 6.69. The van der Waals surface area contributed by atoms with Gasteiger partial charge in [0, 0.05) is 12.1 Å². The van der Waals surface area contributed by atoms with Crippen LogP contribution in [0.2, 0.25) is 0 Å². The Kier molecular flexibility index (Phi) is 11.8. The lowest BCUT2D eigenvalue weighted by atomic mass is 10.2. The predicted octanol–water partition coefficient (Wildman–Crippen LogP) is 3.63. The Morgan fingerprint density at radius 2 is 1.56 bits per heavy atom.